The Morgan fingerprint density at radius 3 is 2.26 bits per heavy atom. The van der Waals surface area contributed by atoms with Gasteiger partial charge in [-0.05, 0) is 60.5 Å². The summed E-state index contributed by atoms with van der Waals surface area (Å²) in [5, 5.41) is 3.44. The molecule has 0 spiro atoms. The summed E-state index contributed by atoms with van der Waals surface area (Å²) in [5.74, 6) is -0.382. The number of aryl methyl sites for hydroxylation is 1. The Morgan fingerprint density at radius 1 is 0.963 bits per heavy atom. The van der Waals surface area contributed by atoms with Crippen molar-refractivity contribution in [2.75, 3.05) is 5.32 Å². The molecule has 0 radical (unpaired) electrons. The van der Waals surface area contributed by atoms with Gasteiger partial charge in [0.15, 0.2) is 9.84 Å². The number of amides is 1. The van der Waals surface area contributed by atoms with Crippen LogP contribution in [0.5, 0.6) is 0 Å². The molecule has 3 rings (SSSR count). The molecule has 0 fully saturated rings. The van der Waals surface area contributed by atoms with Gasteiger partial charge in [-0.3, -0.25) is 4.79 Å². The molecule has 138 valence electrons. The van der Waals surface area contributed by atoms with Gasteiger partial charge in [0.1, 0.15) is 0 Å². The van der Waals surface area contributed by atoms with Crippen molar-refractivity contribution in [1.82, 2.24) is 0 Å². The second-order valence-corrected chi connectivity index (χ2v) is 8.61. The minimum atomic E-state index is -3.42. The number of carbonyl (C=O) groups is 1. The minimum Gasteiger partial charge on any atom is -0.322 e. The molecule has 0 aliphatic heterocycles. The Balaban J connectivity index is 1.72. The summed E-state index contributed by atoms with van der Waals surface area (Å²) in [7, 11) is -3.42. The molecule has 0 unspecified atom stereocenters. The number of nitrogens with one attached hydrogen (secondary N) is 1. The van der Waals surface area contributed by atoms with Crippen LogP contribution in [0.25, 0.3) is 0 Å². The van der Waals surface area contributed by atoms with Crippen molar-refractivity contribution in [2.24, 2.45) is 0 Å². The van der Waals surface area contributed by atoms with E-state index in [1.165, 1.54) is 0 Å². The number of hydrogen-bond acceptors (Lipinski definition) is 3. The lowest BCUT2D eigenvalue weighted by molar-refractivity contribution is 0.102. The smallest absolute Gasteiger partial charge is 0.255 e. The van der Waals surface area contributed by atoms with E-state index in [9.17, 15) is 13.2 Å². The number of anilines is 1. The van der Waals surface area contributed by atoms with Crippen LogP contribution in [0.1, 0.15) is 21.5 Å². The molecule has 1 amide bonds. The fraction of sp³-hybridized carbons (Fsp3) is 0.0952. The van der Waals surface area contributed by atoms with Gasteiger partial charge in [-0.25, -0.2) is 8.42 Å². The van der Waals surface area contributed by atoms with Crippen molar-refractivity contribution in [2.45, 2.75) is 17.6 Å². The van der Waals surface area contributed by atoms with E-state index in [1.54, 1.807) is 72.8 Å². The van der Waals surface area contributed by atoms with Crippen molar-refractivity contribution in [3.63, 3.8) is 0 Å². The number of benzene rings is 3. The number of halogens is 1. The Hall–Kier alpha value is -2.63. The number of carbonyl (C=O) groups excluding carboxylic acids is 1. The monoisotopic (exact) mass is 399 g/mol. The molecule has 0 saturated carbocycles. The quantitative estimate of drug-likeness (QED) is 0.665. The molecule has 3 aromatic rings. The van der Waals surface area contributed by atoms with Gasteiger partial charge in [-0.2, -0.15) is 0 Å². The maximum absolute atomic E-state index is 12.4. The Kier molecular flexibility index (Phi) is 5.63. The second-order valence-electron chi connectivity index (χ2n) is 6.18. The van der Waals surface area contributed by atoms with Crippen molar-refractivity contribution < 1.29 is 13.2 Å². The molecule has 0 atom stereocenters. The van der Waals surface area contributed by atoms with E-state index in [0.717, 1.165) is 5.56 Å². The zero-order valence-electron chi connectivity index (χ0n) is 14.6. The first kappa shape index (κ1) is 19.1. The van der Waals surface area contributed by atoms with E-state index in [1.807, 2.05) is 6.92 Å². The predicted octanol–water partition coefficient (Wildman–Crippen LogP) is 4.87. The highest BCUT2D eigenvalue weighted by Gasteiger charge is 2.15. The molecule has 1 N–H and O–H groups in total. The van der Waals surface area contributed by atoms with Gasteiger partial charge in [-0.15, -0.1) is 0 Å². The van der Waals surface area contributed by atoms with E-state index in [4.69, 9.17) is 11.6 Å². The summed E-state index contributed by atoms with van der Waals surface area (Å²) in [5.41, 5.74) is 2.62. The number of sulfone groups is 1. The first-order valence-electron chi connectivity index (χ1n) is 8.29. The van der Waals surface area contributed by atoms with Gasteiger partial charge < -0.3 is 5.32 Å². The fourth-order valence-electron chi connectivity index (χ4n) is 2.64. The summed E-state index contributed by atoms with van der Waals surface area (Å²) in [6.45, 7) is 1.86. The third-order valence-electron chi connectivity index (χ3n) is 4.11. The lowest BCUT2D eigenvalue weighted by Crippen LogP contribution is -2.13. The van der Waals surface area contributed by atoms with E-state index in [-0.39, 0.29) is 16.6 Å². The highest BCUT2D eigenvalue weighted by Crippen LogP contribution is 2.21. The number of hydrogen-bond donors (Lipinski definition) is 1. The second kappa shape index (κ2) is 7.94. The fourth-order valence-corrected chi connectivity index (χ4v) is 4.24. The third kappa shape index (κ3) is 4.76. The zero-order chi connectivity index (χ0) is 19.4. The van der Waals surface area contributed by atoms with Crippen LogP contribution in [0.15, 0.2) is 77.7 Å². The molecule has 6 heteroatoms. The summed E-state index contributed by atoms with van der Waals surface area (Å²) in [4.78, 5) is 12.7. The largest absolute Gasteiger partial charge is 0.322 e. The van der Waals surface area contributed by atoms with Gasteiger partial charge in [0, 0.05) is 16.3 Å². The van der Waals surface area contributed by atoms with E-state index in [0.29, 0.717) is 21.8 Å². The molecule has 0 bridgehead atoms. The number of rotatable bonds is 5. The standard InChI is InChI=1S/C21H18ClNO3S/c1-15-13-18(22)11-12-20(15)23-21(24)17-9-7-16(8-10-17)14-27(25,26)19-5-3-2-4-6-19/h2-13H,14H2,1H3,(H,23,24). The van der Waals surface area contributed by atoms with Crippen LogP contribution in [0, 0.1) is 6.92 Å². The van der Waals surface area contributed by atoms with Gasteiger partial charge in [-0.1, -0.05) is 41.9 Å². The Bertz CT molecular complexity index is 1060. The Labute approximate surface area is 163 Å². The molecule has 3 aromatic carbocycles. The van der Waals surface area contributed by atoms with Crippen LogP contribution < -0.4 is 5.32 Å². The molecule has 0 heterocycles. The van der Waals surface area contributed by atoms with Crippen molar-refractivity contribution in [3.05, 3.63) is 94.5 Å². The maximum Gasteiger partial charge on any atom is 0.255 e. The summed E-state index contributed by atoms with van der Waals surface area (Å²) >= 11 is 5.92. The highest BCUT2D eigenvalue weighted by atomic mass is 35.5. The molecule has 0 aromatic heterocycles. The van der Waals surface area contributed by atoms with Gasteiger partial charge in [0.25, 0.3) is 5.91 Å². The zero-order valence-corrected chi connectivity index (χ0v) is 16.2. The van der Waals surface area contributed by atoms with Crippen LogP contribution in [-0.4, -0.2) is 14.3 Å². The molecule has 0 aliphatic carbocycles. The molecule has 4 nitrogen and oxygen atoms in total. The normalized spacial score (nSPS) is 11.2. The lowest BCUT2D eigenvalue weighted by Gasteiger charge is -2.09. The maximum atomic E-state index is 12.4. The van der Waals surface area contributed by atoms with Crippen molar-refractivity contribution in [1.29, 1.82) is 0 Å². The lowest BCUT2D eigenvalue weighted by atomic mass is 10.1. The van der Waals surface area contributed by atoms with Crippen LogP contribution in [0.3, 0.4) is 0 Å². The van der Waals surface area contributed by atoms with Gasteiger partial charge in [0.2, 0.25) is 0 Å². The van der Waals surface area contributed by atoms with Crippen molar-refractivity contribution >= 4 is 33.0 Å². The molecular weight excluding hydrogens is 382 g/mol. The van der Waals surface area contributed by atoms with E-state index in [2.05, 4.69) is 5.32 Å². The third-order valence-corrected chi connectivity index (χ3v) is 6.05. The van der Waals surface area contributed by atoms with Crippen LogP contribution >= 0.6 is 11.6 Å². The Morgan fingerprint density at radius 2 is 1.63 bits per heavy atom. The first-order valence-corrected chi connectivity index (χ1v) is 10.3. The molecule has 27 heavy (non-hydrogen) atoms. The van der Waals surface area contributed by atoms with E-state index < -0.39 is 9.84 Å². The molecule has 0 aliphatic rings. The van der Waals surface area contributed by atoms with Crippen LogP contribution in [0.4, 0.5) is 5.69 Å². The minimum absolute atomic E-state index is 0.116. The average molecular weight is 400 g/mol. The van der Waals surface area contributed by atoms with Crippen LogP contribution in [-0.2, 0) is 15.6 Å². The first-order chi connectivity index (χ1) is 12.8. The SMILES string of the molecule is Cc1cc(Cl)ccc1NC(=O)c1ccc(CS(=O)(=O)c2ccccc2)cc1. The van der Waals surface area contributed by atoms with Gasteiger partial charge >= 0.3 is 0 Å². The van der Waals surface area contributed by atoms with Gasteiger partial charge in [0.05, 0.1) is 10.6 Å². The highest BCUT2D eigenvalue weighted by molar-refractivity contribution is 7.90. The average Bonchev–Trinajstić information content (AvgIpc) is 2.65. The predicted molar refractivity (Wildman–Crippen MR) is 108 cm³/mol. The van der Waals surface area contributed by atoms with Crippen LogP contribution in [0.2, 0.25) is 5.02 Å². The van der Waals surface area contributed by atoms with E-state index >= 15 is 0 Å². The molecular formula is C21H18ClNO3S. The summed E-state index contributed by atoms with van der Waals surface area (Å²) in [6.07, 6.45) is 0. The summed E-state index contributed by atoms with van der Waals surface area (Å²) < 4.78 is 24.9. The topological polar surface area (TPSA) is 63.2 Å². The molecule has 0 saturated heterocycles. The van der Waals surface area contributed by atoms with Crippen molar-refractivity contribution in [3.8, 4) is 0 Å². The summed E-state index contributed by atoms with van der Waals surface area (Å²) in [6, 6.07) is 20.1.